The molecule has 112 valence electrons. The van der Waals surface area contributed by atoms with Crippen molar-refractivity contribution >= 4 is 23.1 Å². The molecule has 7 heteroatoms. The number of benzene rings is 2. The zero-order chi connectivity index (χ0) is 16.1. The fraction of sp³-hybridized carbons (Fsp3) is 0. The number of aromatic nitrogens is 3. The van der Waals surface area contributed by atoms with Gasteiger partial charge in [-0.2, -0.15) is 15.3 Å². The number of hydrogen-bond acceptors (Lipinski definition) is 6. The summed E-state index contributed by atoms with van der Waals surface area (Å²) >= 11 is 0. The highest BCUT2D eigenvalue weighted by atomic mass is 19.1. The minimum Gasteiger partial charge on any atom is -0.336 e. The van der Waals surface area contributed by atoms with Crippen molar-refractivity contribution in [2.75, 3.05) is 10.6 Å². The van der Waals surface area contributed by atoms with Gasteiger partial charge in [0.15, 0.2) is 5.82 Å². The maximum Gasteiger partial charge on any atom is 0.249 e. The summed E-state index contributed by atoms with van der Waals surface area (Å²) in [6, 6.07) is 15.2. The second-order valence-corrected chi connectivity index (χ2v) is 4.59. The number of rotatable bonds is 4. The first kappa shape index (κ1) is 14.4. The van der Waals surface area contributed by atoms with E-state index in [0.29, 0.717) is 22.8 Å². The lowest BCUT2D eigenvalue weighted by Crippen LogP contribution is -2.03. The van der Waals surface area contributed by atoms with Gasteiger partial charge in [-0.15, -0.1) is 5.10 Å². The van der Waals surface area contributed by atoms with Crippen LogP contribution in [0.4, 0.5) is 27.5 Å². The van der Waals surface area contributed by atoms with E-state index in [4.69, 9.17) is 5.26 Å². The summed E-state index contributed by atoms with van der Waals surface area (Å²) in [5.41, 5.74) is 1.47. The molecular weight excluding hydrogens is 295 g/mol. The van der Waals surface area contributed by atoms with Crippen molar-refractivity contribution < 1.29 is 4.39 Å². The Kier molecular flexibility index (Phi) is 4.07. The van der Waals surface area contributed by atoms with Crippen molar-refractivity contribution in [2.24, 2.45) is 0 Å². The largest absolute Gasteiger partial charge is 0.336 e. The fourth-order valence-corrected chi connectivity index (χ4v) is 1.91. The van der Waals surface area contributed by atoms with Gasteiger partial charge < -0.3 is 10.6 Å². The molecule has 3 aromatic rings. The monoisotopic (exact) mass is 306 g/mol. The maximum atomic E-state index is 13.6. The topological polar surface area (TPSA) is 86.5 Å². The van der Waals surface area contributed by atoms with Crippen molar-refractivity contribution in [1.29, 1.82) is 5.26 Å². The predicted octanol–water partition coefficient (Wildman–Crippen LogP) is 3.37. The number of nitrogens with one attached hydrogen (secondary N) is 2. The van der Waals surface area contributed by atoms with Crippen LogP contribution < -0.4 is 10.6 Å². The molecule has 0 aliphatic carbocycles. The van der Waals surface area contributed by atoms with Gasteiger partial charge in [-0.25, -0.2) is 4.39 Å². The van der Waals surface area contributed by atoms with Crippen molar-refractivity contribution in [3.05, 3.63) is 66.1 Å². The first-order valence-corrected chi connectivity index (χ1v) is 6.73. The second-order valence-electron chi connectivity index (χ2n) is 4.59. The number of nitriles is 1. The first-order chi connectivity index (χ1) is 11.2. The lowest BCUT2D eigenvalue weighted by molar-refractivity contribution is 0.632. The van der Waals surface area contributed by atoms with Crippen LogP contribution in [0.15, 0.2) is 54.7 Å². The Hall–Kier alpha value is -3.53. The molecule has 6 nitrogen and oxygen atoms in total. The molecule has 23 heavy (non-hydrogen) atoms. The van der Waals surface area contributed by atoms with E-state index in [-0.39, 0.29) is 11.8 Å². The van der Waals surface area contributed by atoms with Crippen molar-refractivity contribution in [2.45, 2.75) is 0 Å². The van der Waals surface area contributed by atoms with Crippen LogP contribution >= 0.6 is 0 Å². The van der Waals surface area contributed by atoms with E-state index < -0.39 is 0 Å². The molecule has 0 saturated carbocycles. The Morgan fingerprint density at radius 1 is 1.04 bits per heavy atom. The quantitative estimate of drug-likeness (QED) is 0.768. The average molecular weight is 306 g/mol. The lowest BCUT2D eigenvalue weighted by atomic mass is 10.2. The summed E-state index contributed by atoms with van der Waals surface area (Å²) in [6.07, 6.45) is 1.39. The Bertz CT molecular complexity index is 874. The highest BCUT2D eigenvalue weighted by Crippen LogP contribution is 2.19. The van der Waals surface area contributed by atoms with E-state index in [9.17, 15) is 4.39 Å². The number of anilines is 4. The summed E-state index contributed by atoms with van der Waals surface area (Å²) in [7, 11) is 0. The molecule has 1 aromatic heterocycles. The van der Waals surface area contributed by atoms with Crippen molar-refractivity contribution in [3.63, 3.8) is 0 Å². The molecule has 2 N–H and O–H groups in total. The van der Waals surface area contributed by atoms with Crippen LogP contribution in [0.3, 0.4) is 0 Å². The lowest BCUT2D eigenvalue weighted by Gasteiger charge is -2.08. The van der Waals surface area contributed by atoms with Gasteiger partial charge in [0.25, 0.3) is 0 Å². The summed E-state index contributed by atoms with van der Waals surface area (Å²) in [5, 5.41) is 22.4. The normalized spacial score (nSPS) is 9.91. The highest BCUT2D eigenvalue weighted by molar-refractivity contribution is 5.59. The smallest absolute Gasteiger partial charge is 0.249 e. The van der Waals surface area contributed by atoms with Gasteiger partial charge in [0.2, 0.25) is 5.95 Å². The maximum absolute atomic E-state index is 13.6. The Labute approximate surface area is 131 Å². The number of para-hydroxylation sites is 1. The third-order valence-electron chi connectivity index (χ3n) is 2.94. The van der Waals surface area contributed by atoms with E-state index in [2.05, 4.69) is 31.9 Å². The molecule has 0 spiro atoms. The molecule has 0 bridgehead atoms. The van der Waals surface area contributed by atoms with E-state index in [0.717, 1.165) is 0 Å². The van der Waals surface area contributed by atoms with E-state index in [1.807, 2.05) is 0 Å². The van der Waals surface area contributed by atoms with Crippen LogP contribution in [-0.2, 0) is 0 Å². The number of hydrogen-bond donors (Lipinski definition) is 2. The molecule has 0 aliphatic rings. The van der Waals surface area contributed by atoms with Crippen molar-refractivity contribution in [1.82, 2.24) is 15.2 Å². The molecule has 0 radical (unpaired) electrons. The third kappa shape index (κ3) is 3.57. The summed E-state index contributed by atoms with van der Waals surface area (Å²) in [4.78, 5) is 4.21. The zero-order valence-corrected chi connectivity index (χ0v) is 11.9. The van der Waals surface area contributed by atoms with E-state index in [1.54, 1.807) is 42.5 Å². The summed E-state index contributed by atoms with van der Waals surface area (Å²) in [6.45, 7) is 0. The van der Waals surface area contributed by atoms with E-state index >= 15 is 0 Å². The van der Waals surface area contributed by atoms with Crippen molar-refractivity contribution in [3.8, 4) is 6.07 Å². The van der Waals surface area contributed by atoms with Gasteiger partial charge in [-0.05, 0) is 30.3 Å². The molecule has 0 atom stereocenters. The molecule has 3 rings (SSSR count). The highest BCUT2D eigenvalue weighted by Gasteiger charge is 2.05. The zero-order valence-electron chi connectivity index (χ0n) is 11.9. The van der Waals surface area contributed by atoms with Crippen LogP contribution in [0.25, 0.3) is 0 Å². The van der Waals surface area contributed by atoms with Gasteiger partial charge in [-0.1, -0.05) is 18.2 Å². The summed E-state index contributed by atoms with van der Waals surface area (Å²) < 4.78 is 13.6. The number of nitrogens with zero attached hydrogens (tertiary/aromatic N) is 4. The van der Waals surface area contributed by atoms with Crippen LogP contribution in [0, 0.1) is 17.1 Å². The van der Waals surface area contributed by atoms with Gasteiger partial charge in [0, 0.05) is 5.69 Å². The van der Waals surface area contributed by atoms with Gasteiger partial charge in [-0.3, -0.25) is 0 Å². The van der Waals surface area contributed by atoms with Gasteiger partial charge in [0.05, 0.1) is 23.5 Å². The Balaban J connectivity index is 1.80. The molecule has 1 heterocycles. The summed E-state index contributed by atoms with van der Waals surface area (Å²) in [5.74, 6) is 0.202. The molecule has 2 aromatic carbocycles. The molecule has 0 fully saturated rings. The molecular formula is C16H11FN6. The van der Waals surface area contributed by atoms with E-state index in [1.165, 1.54) is 12.3 Å². The van der Waals surface area contributed by atoms with Crippen LogP contribution in [0.2, 0.25) is 0 Å². The average Bonchev–Trinajstić information content (AvgIpc) is 2.57. The first-order valence-electron chi connectivity index (χ1n) is 6.73. The number of halogens is 1. The van der Waals surface area contributed by atoms with Crippen LogP contribution in [0.1, 0.15) is 5.56 Å². The predicted molar refractivity (Wildman–Crippen MR) is 83.9 cm³/mol. The standard InChI is InChI=1S/C16H11FN6/c17-13-6-1-2-7-14(13)21-15-10-19-23-16(22-15)20-12-5-3-4-11(8-12)9-18/h1-8,10H,(H2,20,21,22,23). The molecule has 0 amide bonds. The van der Waals surface area contributed by atoms with Crippen LogP contribution in [0.5, 0.6) is 0 Å². The fourth-order valence-electron chi connectivity index (χ4n) is 1.91. The molecule has 0 saturated heterocycles. The Morgan fingerprint density at radius 3 is 2.74 bits per heavy atom. The molecule has 0 aliphatic heterocycles. The molecule has 0 unspecified atom stereocenters. The SMILES string of the molecule is N#Cc1cccc(Nc2nncc(Nc3ccccc3F)n2)c1. The minimum absolute atomic E-state index is 0.237. The Morgan fingerprint density at radius 2 is 1.91 bits per heavy atom. The second kappa shape index (κ2) is 6.49. The van der Waals surface area contributed by atoms with Gasteiger partial charge in [0.1, 0.15) is 5.82 Å². The van der Waals surface area contributed by atoms with Crippen LogP contribution in [-0.4, -0.2) is 15.2 Å². The minimum atomic E-state index is -0.387. The van der Waals surface area contributed by atoms with Gasteiger partial charge >= 0.3 is 0 Å². The third-order valence-corrected chi connectivity index (χ3v) is 2.94.